The van der Waals surface area contributed by atoms with Crippen LogP contribution in [0.3, 0.4) is 0 Å². The van der Waals surface area contributed by atoms with Gasteiger partial charge in [0.15, 0.2) is 5.60 Å². The predicted octanol–water partition coefficient (Wildman–Crippen LogP) is 0.290. The summed E-state index contributed by atoms with van der Waals surface area (Å²) < 4.78 is 24.3. The number of hydrogen-bond acceptors (Lipinski definition) is 6. The van der Waals surface area contributed by atoms with E-state index in [4.69, 9.17) is 9.47 Å². The number of nitrogens with one attached hydrogen (secondary N) is 1. The second-order valence-electron chi connectivity index (χ2n) is 7.21. The van der Waals surface area contributed by atoms with E-state index < -0.39 is 23.9 Å². The molecule has 0 bridgehead atoms. The molecule has 0 unspecified atom stereocenters. The van der Waals surface area contributed by atoms with Crippen molar-refractivity contribution < 1.29 is 28.9 Å². The van der Waals surface area contributed by atoms with Gasteiger partial charge >= 0.3 is 0 Å². The van der Waals surface area contributed by atoms with E-state index in [1.807, 2.05) is 19.0 Å². The SMILES string of the molecule is CO[C@H]1C[C@](OCc2ccc(F)cc2)(C(=O)NCCN(C)C)C[C@@H](O)[C@H]1O. The number of aliphatic hydroxyl groups is 2. The van der Waals surface area contributed by atoms with Gasteiger partial charge in [0.05, 0.1) is 18.8 Å². The van der Waals surface area contributed by atoms with Gasteiger partial charge in [0.1, 0.15) is 11.9 Å². The molecule has 0 spiro atoms. The number of likely N-dealkylation sites (N-methyl/N-ethyl adjacent to an activating group) is 1. The molecule has 1 fully saturated rings. The van der Waals surface area contributed by atoms with E-state index in [-0.39, 0.29) is 31.2 Å². The number of methoxy groups -OCH3 is 1. The summed E-state index contributed by atoms with van der Waals surface area (Å²) in [6, 6.07) is 5.80. The molecule has 1 saturated carbocycles. The molecule has 0 aliphatic heterocycles. The van der Waals surface area contributed by atoms with Crippen LogP contribution >= 0.6 is 0 Å². The molecule has 1 amide bonds. The Balaban J connectivity index is 2.16. The first-order chi connectivity index (χ1) is 12.8. The lowest BCUT2D eigenvalue weighted by molar-refractivity contribution is -0.194. The first-order valence-corrected chi connectivity index (χ1v) is 8.98. The van der Waals surface area contributed by atoms with Crippen LogP contribution in [-0.2, 0) is 20.9 Å². The van der Waals surface area contributed by atoms with Crippen LogP contribution in [0.5, 0.6) is 0 Å². The molecule has 0 radical (unpaired) electrons. The normalized spacial score (nSPS) is 28.3. The summed E-state index contributed by atoms with van der Waals surface area (Å²) in [6.07, 6.45) is -2.93. The fourth-order valence-electron chi connectivity index (χ4n) is 3.18. The zero-order chi connectivity index (χ0) is 20.0. The molecular formula is C19H29FN2O5. The van der Waals surface area contributed by atoms with Crippen LogP contribution in [0, 0.1) is 5.82 Å². The highest BCUT2D eigenvalue weighted by atomic mass is 19.1. The Morgan fingerprint density at radius 1 is 1.30 bits per heavy atom. The van der Waals surface area contributed by atoms with E-state index in [0.717, 1.165) is 0 Å². The van der Waals surface area contributed by atoms with Crippen molar-refractivity contribution in [2.45, 2.75) is 43.4 Å². The van der Waals surface area contributed by atoms with E-state index in [2.05, 4.69) is 5.32 Å². The number of halogens is 1. The molecule has 1 aliphatic rings. The molecule has 2 rings (SSSR count). The number of hydrogen-bond donors (Lipinski definition) is 3. The summed E-state index contributed by atoms with van der Waals surface area (Å²) in [4.78, 5) is 14.9. The molecule has 27 heavy (non-hydrogen) atoms. The maximum absolute atomic E-state index is 13.1. The van der Waals surface area contributed by atoms with Gasteiger partial charge in [-0.2, -0.15) is 0 Å². The van der Waals surface area contributed by atoms with Crippen molar-refractivity contribution in [2.24, 2.45) is 0 Å². The van der Waals surface area contributed by atoms with E-state index in [1.165, 1.54) is 19.2 Å². The lowest BCUT2D eigenvalue weighted by Crippen LogP contribution is -2.60. The van der Waals surface area contributed by atoms with Crippen molar-refractivity contribution in [2.75, 3.05) is 34.3 Å². The fourth-order valence-corrected chi connectivity index (χ4v) is 3.18. The Kier molecular flexibility index (Phi) is 7.69. The zero-order valence-electron chi connectivity index (χ0n) is 16.0. The van der Waals surface area contributed by atoms with Crippen LogP contribution in [0.25, 0.3) is 0 Å². The van der Waals surface area contributed by atoms with Crippen molar-refractivity contribution in [1.29, 1.82) is 0 Å². The van der Waals surface area contributed by atoms with Crippen LogP contribution in [0.4, 0.5) is 4.39 Å². The summed E-state index contributed by atoms with van der Waals surface area (Å²) >= 11 is 0. The molecule has 0 aromatic heterocycles. The molecule has 1 aromatic rings. The van der Waals surface area contributed by atoms with Gasteiger partial charge in [-0.25, -0.2) is 4.39 Å². The van der Waals surface area contributed by atoms with Gasteiger partial charge in [0.25, 0.3) is 5.91 Å². The van der Waals surface area contributed by atoms with Gasteiger partial charge in [0, 0.05) is 33.0 Å². The van der Waals surface area contributed by atoms with Gasteiger partial charge in [-0.3, -0.25) is 4.79 Å². The lowest BCUT2D eigenvalue weighted by Gasteiger charge is -2.43. The maximum Gasteiger partial charge on any atom is 0.252 e. The van der Waals surface area contributed by atoms with Crippen molar-refractivity contribution >= 4 is 5.91 Å². The summed E-state index contributed by atoms with van der Waals surface area (Å²) in [5.41, 5.74) is -0.647. The summed E-state index contributed by atoms with van der Waals surface area (Å²) in [5, 5.41) is 23.2. The number of amides is 1. The van der Waals surface area contributed by atoms with E-state index >= 15 is 0 Å². The highest BCUT2D eigenvalue weighted by molar-refractivity contribution is 5.85. The quantitative estimate of drug-likeness (QED) is 0.597. The Labute approximate surface area is 159 Å². The first kappa shape index (κ1) is 21.7. The third kappa shape index (κ3) is 5.70. The standard InChI is InChI=1S/C19H29FN2O5/c1-22(2)9-8-21-18(25)19(10-15(23)17(24)16(11-19)26-3)27-12-13-4-6-14(20)7-5-13/h4-7,15-17,23-24H,8-12H2,1-3H3,(H,21,25)/t15-,16+,17-,19+/m1/s1. The molecule has 0 saturated heterocycles. The number of benzene rings is 1. The lowest BCUT2D eigenvalue weighted by atomic mass is 9.78. The molecular weight excluding hydrogens is 355 g/mol. The Bertz CT molecular complexity index is 613. The molecule has 7 nitrogen and oxygen atoms in total. The number of ether oxygens (including phenoxy) is 2. The van der Waals surface area contributed by atoms with Crippen LogP contribution in [0.2, 0.25) is 0 Å². The Hall–Kier alpha value is -1.58. The molecule has 8 heteroatoms. The number of rotatable bonds is 8. The Morgan fingerprint density at radius 2 is 1.96 bits per heavy atom. The van der Waals surface area contributed by atoms with Gasteiger partial charge < -0.3 is 29.9 Å². The second kappa shape index (κ2) is 9.57. The molecule has 1 aromatic carbocycles. The minimum absolute atomic E-state index is 0.0526. The third-order valence-corrected chi connectivity index (χ3v) is 4.83. The summed E-state index contributed by atoms with van der Waals surface area (Å²) in [6.45, 7) is 1.14. The number of aliphatic hydroxyl groups excluding tert-OH is 2. The van der Waals surface area contributed by atoms with Gasteiger partial charge in [-0.05, 0) is 31.8 Å². The molecule has 3 N–H and O–H groups in total. The second-order valence-corrected chi connectivity index (χ2v) is 7.21. The van der Waals surface area contributed by atoms with Crippen molar-refractivity contribution in [3.63, 3.8) is 0 Å². The third-order valence-electron chi connectivity index (χ3n) is 4.83. The predicted molar refractivity (Wildman–Crippen MR) is 97.5 cm³/mol. The summed E-state index contributed by atoms with van der Waals surface area (Å²) in [5.74, 6) is -0.718. The van der Waals surface area contributed by atoms with Crippen LogP contribution < -0.4 is 5.32 Å². The smallest absolute Gasteiger partial charge is 0.252 e. The van der Waals surface area contributed by atoms with Gasteiger partial charge in [-0.1, -0.05) is 12.1 Å². The van der Waals surface area contributed by atoms with Crippen molar-refractivity contribution in [3.05, 3.63) is 35.6 Å². The Morgan fingerprint density at radius 3 is 2.56 bits per heavy atom. The van der Waals surface area contributed by atoms with Gasteiger partial charge in [-0.15, -0.1) is 0 Å². The minimum Gasteiger partial charge on any atom is -0.390 e. The topological polar surface area (TPSA) is 91.3 Å². The van der Waals surface area contributed by atoms with Gasteiger partial charge in [0.2, 0.25) is 0 Å². The zero-order valence-corrected chi connectivity index (χ0v) is 16.0. The van der Waals surface area contributed by atoms with Crippen molar-refractivity contribution in [1.82, 2.24) is 10.2 Å². The number of nitrogens with zero attached hydrogens (tertiary/aromatic N) is 1. The largest absolute Gasteiger partial charge is 0.390 e. The van der Waals surface area contributed by atoms with E-state index in [9.17, 15) is 19.4 Å². The fraction of sp³-hybridized carbons (Fsp3) is 0.632. The van der Waals surface area contributed by atoms with E-state index in [0.29, 0.717) is 18.7 Å². The van der Waals surface area contributed by atoms with Crippen molar-refractivity contribution in [3.8, 4) is 0 Å². The van der Waals surface area contributed by atoms with Crippen LogP contribution in [0.15, 0.2) is 24.3 Å². The molecule has 4 atom stereocenters. The average molecular weight is 384 g/mol. The molecule has 1 aliphatic carbocycles. The first-order valence-electron chi connectivity index (χ1n) is 8.98. The monoisotopic (exact) mass is 384 g/mol. The maximum atomic E-state index is 13.1. The van der Waals surface area contributed by atoms with Crippen LogP contribution in [-0.4, -0.2) is 79.2 Å². The molecule has 0 heterocycles. The van der Waals surface area contributed by atoms with Crippen LogP contribution in [0.1, 0.15) is 18.4 Å². The summed E-state index contributed by atoms with van der Waals surface area (Å²) in [7, 11) is 5.21. The highest BCUT2D eigenvalue weighted by Gasteiger charge is 2.51. The van der Waals surface area contributed by atoms with E-state index in [1.54, 1.807) is 12.1 Å². The minimum atomic E-state index is -1.35. The molecule has 152 valence electrons. The highest BCUT2D eigenvalue weighted by Crippen LogP contribution is 2.35. The number of carbonyl (C=O) groups is 1. The average Bonchev–Trinajstić information content (AvgIpc) is 2.63. The number of carbonyl (C=O) groups excluding carboxylic acids is 1.